The van der Waals surface area contributed by atoms with Crippen molar-refractivity contribution in [3.05, 3.63) is 29.3 Å². The van der Waals surface area contributed by atoms with Gasteiger partial charge in [0.25, 0.3) is 5.91 Å². The predicted molar refractivity (Wildman–Crippen MR) is 80.1 cm³/mol. The van der Waals surface area contributed by atoms with Gasteiger partial charge in [0, 0.05) is 9.92 Å². The van der Waals surface area contributed by atoms with Gasteiger partial charge in [0.05, 0.1) is 0 Å². The number of ether oxygens (including phenoxy) is 1. The van der Waals surface area contributed by atoms with Crippen LogP contribution >= 0.6 is 23.4 Å². The molecule has 1 rings (SSSR count). The van der Waals surface area contributed by atoms with E-state index in [2.05, 4.69) is 0 Å². The molecular weight excluding hydrogens is 316 g/mol. The number of hydrogen-bond acceptors (Lipinski definition) is 5. The van der Waals surface area contributed by atoms with E-state index in [1.807, 2.05) is 5.32 Å². The molecule has 0 bridgehead atoms. The van der Waals surface area contributed by atoms with E-state index in [1.54, 1.807) is 31.2 Å². The first kappa shape index (κ1) is 17.3. The van der Waals surface area contributed by atoms with Crippen LogP contribution in [-0.2, 0) is 14.3 Å². The SMILES string of the molecule is C[C@H](OC(=O)[C@@H](C)Sc1ccc(Cl)cc1)C(=O)NC(N)=O. The largest absolute Gasteiger partial charge is 0.452 e. The van der Waals surface area contributed by atoms with Gasteiger partial charge in [-0.1, -0.05) is 11.6 Å². The Morgan fingerprint density at radius 1 is 1.24 bits per heavy atom. The summed E-state index contributed by atoms with van der Waals surface area (Å²) in [5.74, 6) is -1.33. The number of amides is 3. The highest BCUT2D eigenvalue weighted by atomic mass is 35.5. The fraction of sp³-hybridized carbons (Fsp3) is 0.308. The number of imide groups is 1. The summed E-state index contributed by atoms with van der Waals surface area (Å²) in [5, 5.41) is 1.93. The zero-order valence-corrected chi connectivity index (χ0v) is 13.0. The Kier molecular flexibility index (Phi) is 6.51. The van der Waals surface area contributed by atoms with Crippen molar-refractivity contribution < 1.29 is 19.1 Å². The topological polar surface area (TPSA) is 98.5 Å². The molecule has 114 valence electrons. The molecule has 1 aromatic carbocycles. The number of nitrogens with two attached hydrogens (primary N) is 1. The summed E-state index contributed by atoms with van der Waals surface area (Å²) in [6, 6.07) is 5.99. The van der Waals surface area contributed by atoms with Crippen LogP contribution in [0.2, 0.25) is 5.02 Å². The number of urea groups is 1. The van der Waals surface area contributed by atoms with E-state index in [0.29, 0.717) is 5.02 Å². The Morgan fingerprint density at radius 2 is 1.81 bits per heavy atom. The zero-order valence-electron chi connectivity index (χ0n) is 11.5. The van der Waals surface area contributed by atoms with E-state index in [1.165, 1.54) is 18.7 Å². The maximum atomic E-state index is 11.8. The molecule has 8 heteroatoms. The zero-order chi connectivity index (χ0) is 16.0. The highest BCUT2D eigenvalue weighted by Crippen LogP contribution is 2.25. The van der Waals surface area contributed by atoms with Crippen molar-refractivity contribution in [2.24, 2.45) is 5.73 Å². The van der Waals surface area contributed by atoms with E-state index >= 15 is 0 Å². The molecule has 3 amide bonds. The third kappa shape index (κ3) is 6.05. The van der Waals surface area contributed by atoms with Crippen LogP contribution in [0, 0.1) is 0 Å². The number of benzene rings is 1. The minimum atomic E-state index is -1.10. The number of primary amides is 1. The first-order valence-corrected chi connectivity index (χ1v) is 7.28. The van der Waals surface area contributed by atoms with Gasteiger partial charge in [-0.05, 0) is 38.1 Å². The van der Waals surface area contributed by atoms with Gasteiger partial charge in [-0.25, -0.2) is 4.79 Å². The molecule has 0 aromatic heterocycles. The van der Waals surface area contributed by atoms with Crippen molar-refractivity contribution in [1.82, 2.24) is 5.32 Å². The lowest BCUT2D eigenvalue weighted by Gasteiger charge is -2.15. The number of thioether (sulfide) groups is 1. The summed E-state index contributed by atoms with van der Waals surface area (Å²) in [6.07, 6.45) is -1.10. The third-order valence-electron chi connectivity index (χ3n) is 2.37. The van der Waals surface area contributed by atoms with E-state index in [0.717, 1.165) is 4.90 Å². The molecule has 2 atom stereocenters. The minimum absolute atomic E-state index is 0.519. The fourth-order valence-electron chi connectivity index (χ4n) is 1.31. The van der Waals surface area contributed by atoms with Crippen LogP contribution in [0.3, 0.4) is 0 Å². The van der Waals surface area contributed by atoms with E-state index in [4.69, 9.17) is 22.1 Å². The summed E-state index contributed by atoms with van der Waals surface area (Å²) in [5.41, 5.74) is 4.81. The molecule has 1 aromatic rings. The molecule has 0 aliphatic carbocycles. The van der Waals surface area contributed by atoms with Crippen LogP contribution < -0.4 is 11.1 Å². The molecule has 0 heterocycles. The van der Waals surface area contributed by atoms with Gasteiger partial charge in [0.2, 0.25) is 0 Å². The summed E-state index contributed by atoms with van der Waals surface area (Å²) in [4.78, 5) is 34.6. The molecule has 6 nitrogen and oxygen atoms in total. The van der Waals surface area contributed by atoms with Gasteiger partial charge in [0.1, 0.15) is 5.25 Å². The van der Waals surface area contributed by atoms with E-state index in [9.17, 15) is 14.4 Å². The molecule has 0 fully saturated rings. The van der Waals surface area contributed by atoms with Crippen LogP contribution in [-0.4, -0.2) is 29.3 Å². The van der Waals surface area contributed by atoms with Gasteiger partial charge < -0.3 is 10.5 Å². The van der Waals surface area contributed by atoms with Crippen molar-refractivity contribution in [3.8, 4) is 0 Å². The summed E-state index contributed by atoms with van der Waals surface area (Å²) >= 11 is 7.04. The van der Waals surface area contributed by atoms with Crippen molar-refractivity contribution in [2.45, 2.75) is 30.1 Å². The molecule has 0 radical (unpaired) electrons. The molecule has 0 saturated heterocycles. The monoisotopic (exact) mass is 330 g/mol. The predicted octanol–water partition coefficient (Wildman–Crippen LogP) is 1.95. The number of nitrogens with one attached hydrogen (secondary N) is 1. The molecule has 0 aliphatic heterocycles. The average molecular weight is 331 g/mol. The van der Waals surface area contributed by atoms with Crippen molar-refractivity contribution >= 4 is 41.3 Å². The molecule has 0 spiro atoms. The Balaban J connectivity index is 2.52. The second-order valence-electron chi connectivity index (χ2n) is 4.15. The second-order valence-corrected chi connectivity index (χ2v) is 6.00. The van der Waals surface area contributed by atoms with Gasteiger partial charge >= 0.3 is 12.0 Å². The molecule has 0 aliphatic rings. The Bertz CT molecular complexity index is 535. The molecule has 0 unspecified atom stereocenters. The van der Waals surface area contributed by atoms with Crippen molar-refractivity contribution in [3.63, 3.8) is 0 Å². The van der Waals surface area contributed by atoms with Crippen molar-refractivity contribution in [1.29, 1.82) is 0 Å². The lowest BCUT2D eigenvalue weighted by Crippen LogP contribution is -2.42. The standard InChI is InChI=1S/C13H15ClN2O4S/c1-7(11(17)16-13(15)19)20-12(18)8(2)21-10-5-3-9(14)4-6-10/h3-8H,1-2H3,(H3,15,16,17,19)/t7-,8+/m0/s1. The number of carbonyl (C=O) groups is 3. The van der Waals surface area contributed by atoms with Gasteiger partial charge in [-0.15, -0.1) is 11.8 Å². The first-order valence-electron chi connectivity index (χ1n) is 6.02. The fourth-order valence-corrected chi connectivity index (χ4v) is 2.29. The van der Waals surface area contributed by atoms with Crippen LogP contribution in [0.15, 0.2) is 29.2 Å². The summed E-state index contributed by atoms with van der Waals surface area (Å²) in [6.45, 7) is 3.01. The number of hydrogen-bond donors (Lipinski definition) is 2. The second kappa shape index (κ2) is 7.90. The Hall–Kier alpha value is -1.73. The normalized spacial score (nSPS) is 13.1. The van der Waals surface area contributed by atoms with Crippen LogP contribution in [0.4, 0.5) is 4.79 Å². The first-order chi connectivity index (χ1) is 9.79. The number of halogens is 1. The molecule has 21 heavy (non-hydrogen) atoms. The summed E-state index contributed by atoms with van der Waals surface area (Å²) < 4.78 is 4.97. The molecular formula is C13H15ClN2O4S. The maximum absolute atomic E-state index is 11.8. The number of rotatable bonds is 5. The number of esters is 1. The Morgan fingerprint density at radius 3 is 2.33 bits per heavy atom. The highest BCUT2D eigenvalue weighted by molar-refractivity contribution is 8.00. The maximum Gasteiger partial charge on any atom is 0.319 e. The van der Waals surface area contributed by atoms with Gasteiger partial charge in [-0.2, -0.15) is 0 Å². The lowest BCUT2D eigenvalue weighted by atomic mass is 10.3. The van der Waals surface area contributed by atoms with Crippen LogP contribution in [0.5, 0.6) is 0 Å². The number of carbonyl (C=O) groups excluding carboxylic acids is 3. The Labute approximate surface area is 131 Å². The van der Waals surface area contributed by atoms with Crippen LogP contribution in [0.25, 0.3) is 0 Å². The highest BCUT2D eigenvalue weighted by Gasteiger charge is 2.23. The average Bonchev–Trinajstić information content (AvgIpc) is 2.40. The van der Waals surface area contributed by atoms with E-state index < -0.39 is 29.3 Å². The van der Waals surface area contributed by atoms with Crippen LogP contribution in [0.1, 0.15) is 13.8 Å². The smallest absolute Gasteiger partial charge is 0.319 e. The quantitative estimate of drug-likeness (QED) is 0.635. The lowest BCUT2D eigenvalue weighted by molar-refractivity contribution is -0.153. The van der Waals surface area contributed by atoms with Gasteiger partial charge in [0.15, 0.2) is 6.10 Å². The van der Waals surface area contributed by atoms with Crippen molar-refractivity contribution in [2.75, 3.05) is 0 Å². The minimum Gasteiger partial charge on any atom is -0.452 e. The summed E-state index contributed by atoms with van der Waals surface area (Å²) in [7, 11) is 0. The molecule has 0 saturated carbocycles. The third-order valence-corrected chi connectivity index (χ3v) is 3.71. The molecule has 3 N–H and O–H groups in total. The van der Waals surface area contributed by atoms with Gasteiger partial charge in [-0.3, -0.25) is 14.9 Å². The van der Waals surface area contributed by atoms with E-state index in [-0.39, 0.29) is 0 Å².